The van der Waals surface area contributed by atoms with Crippen molar-refractivity contribution in [2.24, 2.45) is 0 Å². The van der Waals surface area contributed by atoms with Crippen LogP contribution in [0.5, 0.6) is 0 Å². The smallest absolute Gasteiger partial charge is 0.302 e. The standard InChI is InChI=1S/C7H13O2Si/c1-7(8)9-5-3-2-4-6-10/h2-6H2,1H3. The fourth-order valence-corrected chi connectivity index (χ4v) is 0.870. The van der Waals surface area contributed by atoms with Crippen molar-refractivity contribution in [3.05, 3.63) is 0 Å². The van der Waals surface area contributed by atoms with Crippen LogP contribution in [-0.2, 0) is 9.53 Å². The SMILES string of the molecule is CC(=O)OCCCCC[Si]. The van der Waals surface area contributed by atoms with Crippen molar-refractivity contribution in [1.29, 1.82) is 0 Å². The normalized spacial score (nSPS) is 9.40. The van der Waals surface area contributed by atoms with E-state index in [1.807, 2.05) is 0 Å². The zero-order valence-electron chi connectivity index (χ0n) is 6.35. The van der Waals surface area contributed by atoms with Crippen LogP contribution in [0.4, 0.5) is 0 Å². The van der Waals surface area contributed by atoms with Gasteiger partial charge in [0.05, 0.1) is 6.61 Å². The van der Waals surface area contributed by atoms with Crippen LogP contribution in [0.3, 0.4) is 0 Å². The second-order valence-corrected chi connectivity index (χ2v) is 2.65. The fourth-order valence-electron chi connectivity index (χ4n) is 0.620. The van der Waals surface area contributed by atoms with Crippen LogP contribution < -0.4 is 0 Å². The maximum absolute atomic E-state index is 10.2. The number of ether oxygens (including phenoxy) is 1. The highest BCUT2D eigenvalue weighted by atomic mass is 28.1. The number of hydrogen-bond donors (Lipinski definition) is 0. The number of rotatable bonds is 5. The van der Waals surface area contributed by atoms with E-state index < -0.39 is 0 Å². The molecule has 0 atom stereocenters. The van der Waals surface area contributed by atoms with Gasteiger partial charge in [0.15, 0.2) is 0 Å². The molecule has 2 nitrogen and oxygen atoms in total. The van der Waals surface area contributed by atoms with Gasteiger partial charge in [0.2, 0.25) is 0 Å². The molecule has 0 N–H and O–H groups in total. The van der Waals surface area contributed by atoms with Gasteiger partial charge < -0.3 is 4.74 Å². The third kappa shape index (κ3) is 7.69. The predicted octanol–water partition coefficient (Wildman–Crippen LogP) is 1.31. The Balaban J connectivity index is 2.84. The molecule has 0 aromatic carbocycles. The molecule has 0 saturated heterocycles. The van der Waals surface area contributed by atoms with Gasteiger partial charge in [-0.25, -0.2) is 0 Å². The van der Waals surface area contributed by atoms with Crippen LogP contribution in [0.2, 0.25) is 6.04 Å². The average Bonchev–Trinajstić information content (AvgIpc) is 1.87. The van der Waals surface area contributed by atoms with E-state index in [0.717, 1.165) is 25.3 Å². The third-order valence-electron chi connectivity index (χ3n) is 1.13. The van der Waals surface area contributed by atoms with Crippen molar-refractivity contribution < 1.29 is 9.53 Å². The molecule has 0 aromatic heterocycles. The van der Waals surface area contributed by atoms with Crippen molar-refractivity contribution in [3.8, 4) is 0 Å². The Hall–Kier alpha value is -0.313. The molecular formula is C7H13O2Si. The van der Waals surface area contributed by atoms with Gasteiger partial charge in [-0.3, -0.25) is 4.79 Å². The molecule has 0 bridgehead atoms. The van der Waals surface area contributed by atoms with Crippen LogP contribution in [0.25, 0.3) is 0 Å². The van der Waals surface area contributed by atoms with E-state index in [1.165, 1.54) is 6.92 Å². The van der Waals surface area contributed by atoms with Crippen LogP contribution in [0, 0.1) is 0 Å². The highest BCUT2D eigenvalue weighted by Crippen LogP contribution is 1.97. The van der Waals surface area contributed by atoms with Gasteiger partial charge in [-0.2, -0.15) is 0 Å². The van der Waals surface area contributed by atoms with Crippen LogP contribution in [0.1, 0.15) is 26.2 Å². The second-order valence-electron chi connectivity index (χ2n) is 2.15. The zero-order chi connectivity index (χ0) is 7.82. The first-order valence-corrected chi connectivity index (χ1v) is 4.26. The Labute approximate surface area is 65.4 Å². The molecule has 0 aliphatic rings. The largest absolute Gasteiger partial charge is 0.466 e. The molecule has 0 unspecified atom stereocenters. The van der Waals surface area contributed by atoms with Crippen molar-refractivity contribution in [3.63, 3.8) is 0 Å². The summed E-state index contributed by atoms with van der Waals surface area (Å²) < 4.78 is 4.73. The minimum atomic E-state index is -0.182. The van der Waals surface area contributed by atoms with E-state index in [-0.39, 0.29) is 5.97 Å². The molecule has 0 saturated carbocycles. The van der Waals surface area contributed by atoms with Gasteiger partial charge in [-0.1, -0.05) is 18.9 Å². The molecule has 0 aromatic rings. The lowest BCUT2D eigenvalue weighted by Crippen LogP contribution is -1.99. The zero-order valence-corrected chi connectivity index (χ0v) is 7.35. The van der Waals surface area contributed by atoms with Crippen molar-refractivity contribution >= 4 is 16.2 Å². The van der Waals surface area contributed by atoms with Crippen molar-refractivity contribution in [2.45, 2.75) is 32.2 Å². The van der Waals surface area contributed by atoms with Gasteiger partial charge in [-0.05, 0) is 6.42 Å². The van der Waals surface area contributed by atoms with E-state index in [9.17, 15) is 4.79 Å². The number of carbonyl (C=O) groups is 1. The summed E-state index contributed by atoms with van der Waals surface area (Å²) in [6.07, 6.45) is 3.25. The maximum atomic E-state index is 10.2. The Bertz CT molecular complexity index is 93.6. The summed E-state index contributed by atoms with van der Waals surface area (Å²) in [5.41, 5.74) is 0. The molecule has 57 valence electrons. The Morgan fingerprint density at radius 3 is 2.60 bits per heavy atom. The molecule has 0 aliphatic heterocycles. The van der Waals surface area contributed by atoms with E-state index in [1.54, 1.807) is 0 Å². The summed E-state index contributed by atoms with van der Waals surface area (Å²) in [7, 11) is 3.37. The van der Waals surface area contributed by atoms with Crippen LogP contribution in [0.15, 0.2) is 0 Å². The Kier molecular flexibility index (Phi) is 6.59. The fraction of sp³-hybridized carbons (Fsp3) is 0.857. The van der Waals surface area contributed by atoms with Crippen molar-refractivity contribution in [2.75, 3.05) is 6.61 Å². The predicted molar refractivity (Wildman–Crippen MR) is 41.0 cm³/mol. The Morgan fingerprint density at radius 1 is 1.40 bits per heavy atom. The first-order valence-electron chi connectivity index (χ1n) is 3.55. The van der Waals surface area contributed by atoms with Crippen molar-refractivity contribution in [1.82, 2.24) is 0 Å². The molecular weight excluding hydrogens is 144 g/mol. The third-order valence-corrected chi connectivity index (χ3v) is 1.48. The van der Waals surface area contributed by atoms with Crippen LogP contribution in [-0.4, -0.2) is 22.8 Å². The molecule has 0 aliphatic carbocycles. The monoisotopic (exact) mass is 157 g/mol. The lowest BCUT2D eigenvalue weighted by molar-refractivity contribution is -0.141. The summed E-state index contributed by atoms with van der Waals surface area (Å²) in [6.45, 7) is 2.01. The Morgan fingerprint density at radius 2 is 2.10 bits per heavy atom. The van der Waals surface area contributed by atoms with E-state index in [4.69, 9.17) is 4.74 Å². The van der Waals surface area contributed by atoms with Crippen LogP contribution >= 0.6 is 0 Å². The molecule has 0 heterocycles. The number of unbranched alkanes of at least 4 members (excludes halogenated alkanes) is 2. The lowest BCUT2D eigenvalue weighted by Gasteiger charge is -1.99. The second kappa shape index (κ2) is 6.80. The molecule has 0 spiro atoms. The number of esters is 1. The lowest BCUT2D eigenvalue weighted by atomic mass is 10.3. The molecule has 10 heavy (non-hydrogen) atoms. The summed E-state index contributed by atoms with van der Waals surface area (Å²) in [5, 5.41) is 0. The van der Waals surface area contributed by atoms with E-state index in [0.29, 0.717) is 6.61 Å². The minimum Gasteiger partial charge on any atom is -0.466 e. The molecule has 0 rings (SSSR count). The highest BCUT2D eigenvalue weighted by Gasteiger charge is 1.91. The first kappa shape index (κ1) is 9.69. The van der Waals surface area contributed by atoms with Gasteiger partial charge in [0.25, 0.3) is 0 Å². The maximum Gasteiger partial charge on any atom is 0.302 e. The van der Waals surface area contributed by atoms with Gasteiger partial charge in [-0.15, -0.1) is 0 Å². The highest BCUT2D eigenvalue weighted by molar-refractivity contribution is 6.08. The molecule has 3 radical (unpaired) electrons. The molecule has 0 fully saturated rings. The first-order chi connectivity index (χ1) is 4.77. The summed E-state index contributed by atoms with van der Waals surface area (Å²) >= 11 is 0. The van der Waals surface area contributed by atoms with E-state index in [2.05, 4.69) is 10.2 Å². The quantitative estimate of drug-likeness (QED) is 0.342. The number of hydrogen-bond acceptors (Lipinski definition) is 2. The minimum absolute atomic E-state index is 0.182. The average molecular weight is 157 g/mol. The number of carbonyl (C=O) groups excluding carboxylic acids is 1. The summed E-state index contributed by atoms with van der Waals surface area (Å²) in [6, 6.07) is 1.03. The topological polar surface area (TPSA) is 26.3 Å². The summed E-state index contributed by atoms with van der Waals surface area (Å²) in [5.74, 6) is -0.182. The van der Waals surface area contributed by atoms with Gasteiger partial charge >= 0.3 is 5.97 Å². The molecule has 3 heteroatoms. The van der Waals surface area contributed by atoms with Gasteiger partial charge in [0.1, 0.15) is 0 Å². The van der Waals surface area contributed by atoms with Gasteiger partial charge in [0, 0.05) is 17.2 Å². The summed E-state index contributed by atoms with van der Waals surface area (Å²) in [4.78, 5) is 10.2. The molecule has 0 amide bonds. The van der Waals surface area contributed by atoms with E-state index >= 15 is 0 Å².